The smallest absolute Gasteiger partial charge is 0.417 e. The summed E-state index contributed by atoms with van der Waals surface area (Å²) in [5, 5.41) is -0.315. The van der Waals surface area contributed by atoms with Crippen molar-refractivity contribution in [3.8, 4) is 17.4 Å². The summed E-state index contributed by atoms with van der Waals surface area (Å²) in [6.45, 7) is 4.17. The second-order valence-corrected chi connectivity index (χ2v) is 7.02. The molecule has 2 aromatic rings. The van der Waals surface area contributed by atoms with E-state index >= 15 is 0 Å². The van der Waals surface area contributed by atoms with Gasteiger partial charge in [-0.1, -0.05) is 18.5 Å². The second-order valence-electron chi connectivity index (χ2n) is 6.61. The Kier molecular flexibility index (Phi) is 7.78. The first-order valence-corrected chi connectivity index (χ1v) is 9.56. The summed E-state index contributed by atoms with van der Waals surface area (Å²) in [5.41, 5.74) is -1.00. The molecule has 2 unspecified atom stereocenters. The monoisotopic (exact) mass is 457 g/mol. The number of hydrogen-bond donors (Lipinski definition) is 0. The highest BCUT2D eigenvalue weighted by Gasteiger charge is 2.34. The van der Waals surface area contributed by atoms with Gasteiger partial charge < -0.3 is 9.47 Å². The van der Waals surface area contributed by atoms with Crippen LogP contribution in [0.3, 0.4) is 0 Å². The van der Waals surface area contributed by atoms with Crippen LogP contribution in [-0.4, -0.2) is 28.4 Å². The lowest BCUT2D eigenvalue weighted by Crippen LogP contribution is -2.38. The number of Topliss-reactive ketones (excluding diaryl/α,β-unsaturated/α-hetero) is 3. The van der Waals surface area contributed by atoms with Gasteiger partial charge in [-0.3, -0.25) is 14.4 Å². The minimum Gasteiger partial charge on any atom is -0.483 e. The first-order chi connectivity index (χ1) is 14.4. The number of nitrogens with zero attached hydrogens (tertiary/aromatic N) is 1. The third-order valence-corrected chi connectivity index (χ3v) is 4.52. The number of halogens is 4. The molecule has 2 rings (SSSR count). The van der Waals surface area contributed by atoms with Crippen molar-refractivity contribution in [2.45, 2.75) is 39.5 Å². The van der Waals surface area contributed by atoms with Gasteiger partial charge in [0.05, 0.1) is 5.56 Å². The van der Waals surface area contributed by atoms with Crippen molar-refractivity contribution < 1.29 is 37.0 Å². The average Bonchev–Trinajstić information content (AvgIpc) is 2.69. The summed E-state index contributed by atoms with van der Waals surface area (Å²) < 4.78 is 48.9. The maximum absolute atomic E-state index is 12.7. The molecule has 1 heterocycles. The van der Waals surface area contributed by atoms with Crippen LogP contribution in [0, 0.1) is 5.92 Å². The molecule has 0 aliphatic heterocycles. The third-order valence-electron chi connectivity index (χ3n) is 4.25. The fourth-order valence-corrected chi connectivity index (χ4v) is 2.85. The van der Waals surface area contributed by atoms with Gasteiger partial charge in [0.15, 0.2) is 17.7 Å². The minimum absolute atomic E-state index is 0.0509. The molecule has 166 valence electrons. The van der Waals surface area contributed by atoms with Gasteiger partial charge in [0.1, 0.15) is 28.2 Å². The molecule has 0 spiro atoms. The van der Waals surface area contributed by atoms with Crippen molar-refractivity contribution in [1.82, 2.24) is 4.98 Å². The summed E-state index contributed by atoms with van der Waals surface area (Å²) in [7, 11) is 0. The fourth-order valence-electron chi connectivity index (χ4n) is 2.64. The molecular weight excluding hydrogens is 439 g/mol. The summed E-state index contributed by atoms with van der Waals surface area (Å²) in [6.07, 6.45) is -4.97. The van der Waals surface area contributed by atoms with Crippen LogP contribution in [0.2, 0.25) is 5.02 Å². The molecule has 1 aromatic heterocycles. The number of aromatic nitrogens is 1. The van der Waals surface area contributed by atoms with Crippen LogP contribution in [-0.2, 0) is 20.6 Å². The summed E-state index contributed by atoms with van der Waals surface area (Å²) in [6, 6.07) is 6.46. The lowest BCUT2D eigenvalue weighted by Gasteiger charge is -2.18. The Morgan fingerprint density at radius 2 is 1.71 bits per heavy atom. The van der Waals surface area contributed by atoms with Crippen LogP contribution < -0.4 is 9.47 Å². The quantitative estimate of drug-likeness (QED) is 0.489. The van der Waals surface area contributed by atoms with E-state index in [0.29, 0.717) is 12.3 Å². The molecule has 0 amide bonds. The molecule has 10 heteroatoms. The number of pyridine rings is 1. The summed E-state index contributed by atoms with van der Waals surface area (Å²) in [4.78, 5) is 39.6. The van der Waals surface area contributed by atoms with E-state index in [1.165, 1.54) is 38.1 Å². The largest absolute Gasteiger partial charge is 0.483 e. The first-order valence-electron chi connectivity index (χ1n) is 9.18. The number of ketones is 3. The maximum Gasteiger partial charge on any atom is 0.417 e. The summed E-state index contributed by atoms with van der Waals surface area (Å²) >= 11 is 5.81. The van der Waals surface area contributed by atoms with Crippen molar-refractivity contribution in [1.29, 1.82) is 0 Å². The highest BCUT2D eigenvalue weighted by Crippen LogP contribution is 2.35. The van der Waals surface area contributed by atoms with Gasteiger partial charge >= 0.3 is 6.18 Å². The molecule has 0 radical (unpaired) electrons. The SMILES string of the molecule is CCC(=O)C(C(C)=O)C(=O)C(C)Oc1ccc(Oc2ncc(C(F)(F)F)cc2Cl)cc1. The van der Waals surface area contributed by atoms with E-state index in [9.17, 15) is 27.6 Å². The normalized spacial score (nSPS) is 13.3. The van der Waals surface area contributed by atoms with Crippen LogP contribution >= 0.6 is 11.6 Å². The molecule has 0 saturated carbocycles. The highest BCUT2D eigenvalue weighted by atomic mass is 35.5. The Labute approximate surface area is 181 Å². The third kappa shape index (κ3) is 6.27. The molecule has 2 atom stereocenters. The topological polar surface area (TPSA) is 82.6 Å². The lowest BCUT2D eigenvalue weighted by molar-refractivity contribution is -0.142. The number of carbonyl (C=O) groups is 3. The molecule has 0 bridgehead atoms. The Bertz CT molecular complexity index is 976. The zero-order valence-electron chi connectivity index (χ0n) is 16.8. The van der Waals surface area contributed by atoms with Crippen LogP contribution in [0.25, 0.3) is 0 Å². The van der Waals surface area contributed by atoms with Crippen LogP contribution in [0.5, 0.6) is 17.4 Å². The van der Waals surface area contributed by atoms with E-state index in [1.807, 2.05) is 0 Å². The highest BCUT2D eigenvalue weighted by molar-refractivity contribution is 6.31. The van der Waals surface area contributed by atoms with E-state index in [4.69, 9.17) is 21.1 Å². The zero-order chi connectivity index (χ0) is 23.3. The number of alkyl halides is 3. The molecule has 6 nitrogen and oxygen atoms in total. The minimum atomic E-state index is -4.58. The van der Waals surface area contributed by atoms with Gasteiger partial charge in [0.25, 0.3) is 0 Å². The molecule has 0 saturated heterocycles. The zero-order valence-corrected chi connectivity index (χ0v) is 17.6. The first kappa shape index (κ1) is 24.3. The fraction of sp³-hybridized carbons (Fsp3) is 0.333. The predicted molar refractivity (Wildman–Crippen MR) is 105 cm³/mol. The number of hydrogen-bond acceptors (Lipinski definition) is 6. The molecule has 31 heavy (non-hydrogen) atoms. The molecule has 0 aliphatic rings. The van der Waals surface area contributed by atoms with E-state index in [-0.39, 0.29) is 28.8 Å². The van der Waals surface area contributed by atoms with Gasteiger partial charge in [-0.2, -0.15) is 13.2 Å². The molecule has 0 fully saturated rings. The summed E-state index contributed by atoms with van der Waals surface area (Å²) in [5.74, 6) is -2.77. The van der Waals surface area contributed by atoms with Gasteiger partial charge in [-0.25, -0.2) is 4.98 Å². The maximum atomic E-state index is 12.7. The van der Waals surface area contributed by atoms with Gasteiger partial charge in [-0.15, -0.1) is 0 Å². The standard InChI is InChI=1S/C21H19ClF3NO5/c1-4-17(28)18(11(2)27)19(29)12(3)30-14-5-7-15(8-6-14)31-20-16(22)9-13(10-26-20)21(23,24)25/h5-10,12,18H,4H2,1-3H3. The van der Waals surface area contributed by atoms with E-state index in [0.717, 1.165) is 0 Å². The van der Waals surface area contributed by atoms with E-state index in [1.54, 1.807) is 6.92 Å². The number of benzene rings is 1. The van der Waals surface area contributed by atoms with Crippen LogP contribution in [0.1, 0.15) is 32.8 Å². The molecule has 1 aromatic carbocycles. The van der Waals surface area contributed by atoms with Crippen molar-refractivity contribution in [3.05, 3.63) is 47.1 Å². The van der Waals surface area contributed by atoms with Gasteiger partial charge in [0, 0.05) is 12.6 Å². The Morgan fingerprint density at radius 3 is 2.19 bits per heavy atom. The number of carbonyl (C=O) groups excluding carboxylic acids is 3. The van der Waals surface area contributed by atoms with E-state index < -0.39 is 41.1 Å². The van der Waals surface area contributed by atoms with Crippen molar-refractivity contribution >= 4 is 29.0 Å². The predicted octanol–water partition coefficient (Wildman–Crippen LogP) is 5.07. The van der Waals surface area contributed by atoms with Crippen LogP contribution in [0.15, 0.2) is 36.5 Å². The Balaban J connectivity index is 2.08. The average molecular weight is 458 g/mol. The van der Waals surface area contributed by atoms with Gasteiger partial charge in [0.2, 0.25) is 5.88 Å². The molecule has 0 N–H and O–H groups in total. The Hall–Kier alpha value is -2.94. The van der Waals surface area contributed by atoms with Crippen molar-refractivity contribution in [2.75, 3.05) is 0 Å². The van der Waals surface area contributed by atoms with E-state index in [2.05, 4.69) is 4.98 Å². The molecular formula is C21H19ClF3NO5. The van der Waals surface area contributed by atoms with Crippen LogP contribution in [0.4, 0.5) is 13.2 Å². The number of rotatable bonds is 9. The Morgan fingerprint density at radius 1 is 1.13 bits per heavy atom. The number of ether oxygens (including phenoxy) is 2. The lowest BCUT2D eigenvalue weighted by atomic mass is 9.91. The second kappa shape index (κ2) is 9.91. The van der Waals surface area contributed by atoms with Gasteiger partial charge in [-0.05, 0) is 44.2 Å². The molecule has 0 aliphatic carbocycles. The van der Waals surface area contributed by atoms with Crippen molar-refractivity contribution in [3.63, 3.8) is 0 Å². The van der Waals surface area contributed by atoms with Crippen molar-refractivity contribution in [2.24, 2.45) is 5.92 Å².